The van der Waals surface area contributed by atoms with Crippen molar-refractivity contribution in [3.8, 4) is 0 Å². The minimum atomic E-state index is -0.982. The molecule has 1 aromatic heterocycles. The molecule has 0 radical (unpaired) electrons. The van der Waals surface area contributed by atoms with Gasteiger partial charge in [0.1, 0.15) is 0 Å². The number of aromatic nitrogens is 2. The third-order valence-electron chi connectivity index (χ3n) is 9.09. The molecule has 0 saturated carbocycles. The highest BCUT2D eigenvalue weighted by molar-refractivity contribution is 6.42. The zero-order valence-corrected chi connectivity index (χ0v) is 25.7. The van der Waals surface area contributed by atoms with Crippen molar-refractivity contribution in [2.24, 2.45) is 0 Å². The summed E-state index contributed by atoms with van der Waals surface area (Å²) in [6.45, 7) is 5.74. The van der Waals surface area contributed by atoms with Gasteiger partial charge < -0.3 is 24.8 Å². The molecule has 238 valence electrons. The first-order chi connectivity index (χ1) is 20.9. The number of para-hydroxylation sites is 2. The summed E-state index contributed by atoms with van der Waals surface area (Å²) in [6.07, 6.45) is 2.17. The highest BCUT2D eigenvalue weighted by Gasteiger charge is 2.35. The fraction of sp³-hybridized carbons (Fsp3) is 0.531. The van der Waals surface area contributed by atoms with Gasteiger partial charge in [0.15, 0.2) is 6.10 Å². The Labute approximate surface area is 268 Å². The van der Waals surface area contributed by atoms with Gasteiger partial charge in [0.2, 0.25) is 0 Å². The van der Waals surface area contributed by atoms with Crippen LogP contribution in [0.25, 0.3) is 11.0 Å². The van der Waals surface area contributed by atoms with Crippen LogP contribution in [-0.4, -0.2) is 101 Å². The number of aromatic amines is 1. The molecule has 3 saturated heterocycles. The summed E-state index contributed by atoms with van der Waals surface area (Å²) in [5.41, 5.74) is 2.29. The first-order valence-corrected chi connectivity index (χ1v) is 16.0. The molecule has 2 N–H and O–H groups in total. The summed E-state index contributed by atoms with van der Waals surface area (Å²) in [5, 5.41) is 4.23. The lowest BCUT2D eigenvalue weighted by Crippen LogP contribution is -2.56. The van der Waals surface area contributed by atoms with Gasteiger partial charge >= 0.3 is 11.8 Å². The highest BCUT2D eigenvalue weighted by Crippen LogP contribution is 2.27. The number of nitrogens with zero attached hydrogens (tertiary/aromatic N) is 4. The number of hydrogen-bond acceptors (Lipinski definition) is 6. The van der Waals surface area contributed by atoms with Crippen molar-refractivity contribution in [2.45, 2.75) is 57.7 Å². The van der Waals surface area contributed by atoms with Gasteiger partial charge in [0.25, 0.3) is 5.91 Å². The monoisotopic (exact) mass is 644 g/mol. The smallest absolute Gasteiger partial charge is 0.410 e. The Morgan fingerprint density at radius 3 is 2.27 bits per heavy atom. The number of benzene rings is 2. The second-order valence-electron chi connectivity index (χ2n) is 11.7. The van der Waals surface area contributed by atoms with Gasteiger partial charge in [-0.3, -0.25) is 14.3 Å². The van der Waals surface area contributed by atoms with Crippen molar-refractivity contribution in [2.75, 3.05) is 52.4 Å². The Kier molecular flexibility index (Phi) is 10.6. The SMILES string of the molecule is C.O=C(O[C@H](Cc1ccc(Cl)c(Cl)c1)C(=O)N1CCN(C2CCNCC2)CC1)N1CCC(n2c(=O)[nH]c3ccccc32)CC1. The van der Waals surface area contributed by atoms with Gasteiger partial charge in [-0.25, -0.2) is 9.59 Å². The first-order valence-electron chi connectivity index (χ1n) is 15.2. The van der Waals surface area contributed by atoms with E-state index < -0.39 is 12.2 Å². The van der Waals surface area contributed by atoms with Crippen molar-refractivity contribution >= 4 is 46.2 Å². The molecule has 0 unspecified atom stereocenters. The highest BCUT2D eigenvalue weighted by atomic mass is 35.5. The quantitative estimate of drug-likeness (QED) is 0.408. The number of amides is 2. The van der Waals surface area contributed by atoms with E-state index in [1.54, 1.807) is 21.6 Å². The number of piperazine rings is 1. The number of hydrogen-bond donors (Lipinski definition) is 2. The number of ether oxygens (including phenoxy) is 1. The molecule has 2 aromatic carbocycles. The molecule has 1 atom stereocenters. The Morgan fingerprint density at radius 1 is 0.864 bits per heavy atom. The molecule has 4 heterocycles. The molecule has 10 nitrogen and oxygen atoms in total. The minimum absolute atomic E-state index is 0. The number of piperidine rings is 2. The third-order valence-corrected chi connectivity index (χ3v) is 9.83. The van der Waals surface area contributed by atoms with E-state index in [0.717, 1.165) is 55.6 Å². The molecule has 0 spiro atoms. The molecule has 44 heavy (non-hydrogen) atoms. The van der Waals surface area contributed by atoms with E-state index >= 15 is 0 Å². The molecule has 6 rings (SSSR count). The van der Waals surface area contributed by atoms with E-state index in [2.05, 4.69) is 15.2 Å². The molecular formula is C32H42Cl2N6O4. The van der Waals surface area contributed by atoms with Crippen LogP contribution in [0.3, 0.4) is 0 Å². The summed E-state index contributed by atoms with van der Waals surface area (Å²) in [4.78, 5) is 48.8. The van der Waals surface area contributed by atoms with Crippen molar-refractivity contribution in [1.82, 2.24) is 29.6 Å². The predicted octanol–water partition coefficient (Wildman–Crippen LogP) is 4.55. The number of carbonyl (C=O) groups excluding carboxylic acids is 2. The maximum atomic E-state index is 13.8. The van der Waals surface area contributed by atoms with Crippen LogP contribution in [-0.2, 0) is 16.0 Å². The number of H-pyrrole nitrogens is 1. The Morgan fingerprint density at radius 2 is 1.57 bits per heavy atom. The van der Waals surface area contributed by atoms with E-state index in [-0.39, 0.29) is 31.5 Å². The number of nitrogens with one attached hydrogen (secondary N) is 2. The Bertz CT molecular complexity index is 1500. The van der Waals surface area contributed by atoms with Gasteiger partial charge in [0, 0.05) is 57.8 Å². The van der Waals surface area contributed by atoms with Crippen molar-refractivity contribution < 1.29 is 14.3 Å². The number of rotatable bonds is 6. The van der Waals surface area contributed by atoms with E-state index in [4.69, 9.17) is 27.9 Å². The summed E-state index contributed by atoms with van der Waals surface area (Å²) in [5.74, 6) is -0.190. The zero-order chi connectivity index (χ0) is 29.9. The van der Waals surface area contributed by atoms with Crippen molar-refractivity contribution in [3.63, 3.8) is 0 Å². The number of imidazole rings is 1. The maximum Gasteiger partial charge on any atom is 0.410 e. The van der Waals surface area contributed by atoms with E-state index in [0.29, 0.717) is 55.1 Å². The van der Waals surface area contributed by atoms with Gasteiger partial charge in [-0.1, -0.05) is 48.8 Å². The molecule has 12 heteroatoms. The summed E-state index contributed by atoms with van der Waals surface area (Å²) in [7, 11) is 0. The van der Waals surface area contributed by atoms with Crippen LogP contribution in [0.5, 0.6) is 0 Å². The standard InChI is InChI=1S/C31H38Cl2N6O4.CH4/c32-24-6-5-21(19-25(24)33)20-28(29(40)37-17-15-36(16-18-37)22-7-11-34-12-8-22)43-31(42)38-13-9-23(10-14-38)39-27-4-2-1-3-26(27)35-30(39)41;/h1-6,19,22-23,28,34H,7-18,20H2,(H,35,41);1H4/t28-;/m1./s1. The van der Waals surface area contributed by atoms with E-state index in [1.807, 2.05) is 35.2 Å². The number of fused-ring (bicyclic) bond motifs is 1. The normalized spacial score (nSPS) is 19.5. The minimum Gasteiger partial charge on any atom is -0.436 e. The Hall–Kier alpha value is -3.05. The van der Waals surface area contributed by atoms with Crippen LogP contribution >= 0.6 is 23.2 Å². The first kappa shape index (κ1) is 32.3. The lowest BCUT2D eigenvalue weighted by Gasteiger charge is -2.41. The molecule has 0 aliphatic carbocycles. The lowest BCUT2D eigenvalue weighted by molar-refractivity contribution is -0.143. The summed E-state index contributed by atoms with van der Waals surface area (Å²) in [6, 6.07) is 13.4. The van der Waals surface area contributed by atoms with Crippen LogP contribution in [0.1, 0.15) is 44.7 Å². The van der Waals surface area contributed by atoms with Crippen LogP contribution in [0, 0.1) is 0 Å². The summed E-state index contributed by atoms with van der Waals surface area (Å²) < 4.78 is 7.76. The van der Waals surface area contributed by atoms with Crippen LogP contribution in [0.15, 0.2) is 47.3 Å². The molecule has 3 aromatic rings. The van der Waals surface area contributed by atoms with Crippen LogP contribution < -0.4 is 11.0 Å². The topological polar surface area (TPSA) is 103 Å². The van der Waals surface area contributed by atoms with Gasteiger partial charge in [0.05, 0.1) is 21.1 Å². The molecule has 0 bridgehead atoms. The average molecular weight is 646 g/mol. The molecular weight excluding hydrogens is 603 g/mol. The number of halogens is 2. The number of likely N-dealkylation sites (tertiary alicyclic amines) is 1. The largest absolute Gasteiger partial charge is 0.436 e. The predicted molar refractivity (Wildman–Crippen MR) is 174 cm³/mol. The molecule has 3 aliphatic heterocycles. The maximum absolute atomic E-state index is 13.8. The van der Waals surface area contributed by atoms with Crippen molar-refractivity contribution in [3.05, 3.63) is 68.6 Å². The lowest BCUT2D eigenvalue weighted by atomic mass is 10.0. The van der Waals surface area contributed by atoms with Gasteiger partial charge in [-0.05, 0) is 68.6 Å². The van der Waals surface area contributed by atoms with Crippen LogP contribution in [0.2, 0.25) is 10.0 Å². The Balaban J connectivity index is 0.00000384. The fourth-order valence-electron chi connectivity index (χ4n) is 6.68. The van der Waals surface area contributed by atoms with E-state index in [9.17, 15) is 14.4 Å². The van der Waals surface area contributed by atoms with Gasteiger partial charge in [-0.15, -0.1) is 0 Å². The molecule has 3 fully saturated rings. The second kappa shape index (κ2) is 14.4. The van der Waals surface area contributed by atoms with Crippen molar-refractivity contribution in [1.29, 1.82) is 0 Å². The van der Waals surface area contributed by atoms with Gasteiger partial charge in [-0.2, -0.15) is 0 Å². The second-order valence-corrected chi connectivity index (χ2v) is 12.5. The zero-order valence-electron chi connectivity index (χ0n) is 24.1. The number of carbonyl (C=O) groups is 2. The third kappa shape index (κ3) is 7.09. The molecule has 3 aliphatic rings. The average Bonchev–Trinajstić information content (AvgIpc) is 3.38. The summed E-state index contributed by atoms with van der Waals surface area (Å²) >= 11 is 12.4. The molecule has 2 amide bonds. The van der Waals surface area contributed by atoms with E-state index in [1.165, 1.54) is 0 Å². The fourth-order valence-corrected chi connectivity index (χ4v) is 7.00. The van der Waals surface area contributed by atoms with Crippen LogP contribution in [0.4, 0.5) is 4.79 Å².